The molecular weight excluding hydrogens is 496 g/mol. The van der Waals surface area contributed by atoms with Gasteiger partial charge in [0.15, 0.2) is 6.10 Å². The van der Waals surface area contributed by atoms with E-state index in [-0.39, 0.29) is 32.0 Å². The number of carbonyl (C=O) groups excluding carboxylic acids is 2. The van der Waals surface area contributed by atoms with Gasteiger partial charge in [-0.3, -0.25) is 9.59 Å². The second kappa shape index (κ2) is 14.1. The number of rotatable bonds is 13. The van der Waals surface area contributed by atoms with Crippen molar-refractivity contribution in [3.63, 3.8) is 0 Å². The van der Waals surface area contributed by atoms with E-state index >= 15 is 0 Å². The zero-order valence-electron chi connectivity index (χ0n) is 24.3. The van der Waals surface area contributed by atoms with Crippen molar-refractivity contribution in [1.82, 2.24) is 0 Å². The van der Waals surface area contributed by atoms with Gasteiger partial charge in [-0.25, -0.2) is 4.79 Å². The molecule has 1 atom stereocenters. The van der Waals surface area contributed by atoms with E-state index in [4.69, 9.17) is 14.2 Å². The summed E-state index contributed by atoms with van der Waals surface area (Å²) in [5.41, 5.74) is 5.36. The minimum atomic E-state index is -1.08. The Balaban J connectivity index is 2.48. The number of esters is 2. The Morgan fingerprint density at radius 2 is 1.56 bits per heavy atom. The van der Waals surface area contributed by atoms with Crippen molar-refractivity contribution in [2.24, 2.45) is 0 Å². The van der Waals surface area contributed by atoms with Gasteiger partial charge in [0, 0.05) is 0 Å². The Kier molecular flexibility index (Phi) is 11.5. The maximum Gasteiger partial charge on any atom is 0.339 e. The smallest absolute Gasteiger partial charge is 0.339 e. The Morgan fingerprint density at radius 3 is 2.10 bits per heavy atom. The summed E-state index contributed by atoms with van der Waals surface area (Å²) in [6.45, 7) is 17.5. The van der Waals surface area contributed by atoms with Gasteiger partial charge in [0.05, 0.1) is 25.0 Å². The van der Waals surface area contributed by atoms with Crippen molar-refractivity contribution in [2.45, 2.75) is 92.5 Å². The van der Waals surface area contributed by atoms with Gasteiger partial charge in [-0.05, 0) is 93.3 Å². The number of hydrogen-bond donors (Lipinski definition) is 1. The second-order valence-electron chi connectivity index (χ2n) is 10.6. The Hall–Kier alpha value is -3.45. The molecule has 0 heterocycles. The third-order valence-corrected chi connectivity index (χ3v) is 6.43. The van der Waals surface area contributed by atoms with Gasteiger partial charge < -0.3 is 19.3 Å². The van der Waals surface area contributed by atoms with Crippen molar-refractivity contribution in [1.29, 1.82) is 0 Å². The molecule has 7 heteroatoms. The summed E-state index contributed by atoms with van der Waals surface area (Å²) in [5.74, 6) is -1.95. The average molecular weight is 539 g/mol. The first-order valence-corrected chi connectivity index (χ1v) is 13.3. The minimum Gasteiger partial charge on any atom is -0.481 e. The van der Waals surface area contributed by atoms with Crippen LogP contribution in [0, 0.1) is 13.8 Å². The molecule has 0 saturated heterocycles. The van der Waals surface area contributed by atoms with E-state index in [9.17, 15) is 19.5 Å². The van der Waals surface area contributed by atoms with Crippen LogP contribution in [0.25, 0.3) is 0 Å². The third kappa shape index (κ3) is 9.06. The SMILES string of the molecule is C=C(CC(=O)OCc1ccccc1)Cc1c(C)c(CC(=O)O)c([C@H](OC(C)(C)C)C(=O)OCC)c(C)c1CC. The lowest BCUT2D eigenvalue weighted by Gasteiger charge is -2.31. The van der Waals surface area contributed by atoms with Gasteiger partial charge in [0.1, 0.15) is 6.61 Å². The number of aliphatic carboxylic acids is 1. The normalized spacial score (nSPS) is 12.1. The van der Waals surface area contributed by atoms with Crippen LogP contribution in [-0.4, -0.2) is 35.2 Å². The van der Waals surface area contributed by atoms with E-state index in [2.05, 4.69) is 6.58 Å². The van der Waals surface area contributed by atoms with Crippen molar-refractivity contribution in [3.8, 4) is 0 Å². The zero-order valence-corrected chi connectivity index (χ0v) is 24.3. The molecule has 212 valence electrons. The lowest BCUT2D eigenvalue weighted by atomic mass is 9.81. The highest BCUT2D eigenvalue weighted by Crippen LogP contribution is 2.37. The number of carboxylic acid groups (broad SMARTS) is 1. The summed E-state index contributed by atoms with van der Waals surface area (Å²) >= 11 is 0. The van der Waals surface area contributed by atoms with Crippen molar-refractivity contribution in [2.75, 3.05) is 6.61 Å². The highest BCUT2D eigenvalue weighted by atomic mass is 16.6. The molecule has 39 heavy (non-hydrogen) atoms. The fourth-order valence-corrected chi connectivity index (χ4v) is 4.78. The molecule has 0 aliphatic heterocycles. The molecule has 2 aromatic carbocycles. The molecule has 7 nitrogen and oxygen atoms in total. The number of ether oxygens (including phenoxy) is 3. The first-order valence-electron chi connectivity index (χ1n) is 13.3. The molecule has 1 N–H and O–H groups in total. The molecule has 0 amide bonds. The van der Waals surface area contributed by atoms with Crippen LogP contribution >= 0.6 is 0 Å². The van der Waals surface area contributed by atoms with Crippen molar-refractivity contribution >= 4 is 17.9 Å². The molecule has 0 fully saturated rings. The van der Waals surface area contributed by atoms with Crippen LogP contribution < -0.4 is 0 Å². The topological polar surface area (TPSA) is 99.1 Å². The van der Waals surface area contributed by atoms with Gasteiger partial charge in [-0.1, -0.05) is 49.4 Å². The first kappa shape index (κ1) is 31.8. The van der Waals surface area contributed by atoms with E-state index in [0.29, 0.717) is 29.5 Å². The van der Waals surface area contributed by atoms with Gasteiger partial charge in [0.2, 0.25) is 0 Å². The molecular formula is C32H42O7. The average Bonchev–Trinajstić information content (AvgIpc) is 2.85. The molecule has 0 aromatic heterocycles. The number of carboxylic acids is 1. The van der Waals surface area contributed by atoms with Crippen LogP contribution in [-0.2, 0) is 54.5 Å². The summed E-state index contributed by atoms with van der Waals surface area (Å²) in [5, 5.41) is 9.80. The largest absolute Gasteiger partial charge is 0.481 e. The van der Waals surface area contributed by atoms with Crippen LogP contribution in [0.1, 0.15) is 86.1 Å². The van der Waals surface area contributed by atoms with E-state index in [1.165, 1.54) is 0 Å². The molecule has 0 bridgehead atoms. The highest BCUT2D eigenvalue weighted by molar-refractivity contribution is 5.81. The number of benzene rings is 2. The predicted octanol–water partition coefficient (Wildman–Crippen LogP) is 6.14. The fraction of sp³-hybridized carbons (Fsp3) is 0.469. The molecule has 2 aromatic rings. The predicted molar refractivity (Wildman–Crippen MR) is 151 cm³/mol. The maximum atomic E-state index is 13.1. The van der Waals surface area contributed by atoms with Gasteiger partial charge in [0.25, 0.3) is 0 Å². The quantitative estimate of drug-likeness (QED) is 0.241. The molecule has 0 radical (unpaired) electrons. The van der Waals surface area contributed by atoms with Crippen LogP contribution in [0.4, 0.5) is 0 Å². The summed E-state index contributed by atoms with van der Waals surface area (Å²) in [7, 11) is 0. The first-order chi connectivity index (χ1) is 18.3. The van der Waals surface area contributed by atoms with Crippen LogP contribution in [0.5, 0.6) is 0 Å². The lowest BCUT2D eigenvalue weighted by molar-refractivity contribution is -0.167. The fourth-order valence-electron chi connectivity index (χ4n) is 4.78. The van der Waals surface area contributed by atoms with E-state index < -0.39 is 23.6 Å². The monoisotopic (exact) mass is 538 g/mol. The van der Waals surface area contributed by atoms with E-state index in [1.54, 1.807) is 6.92 Å². The lowest BCUT2D eigenvalue weighted by Crippen LogP contribution is -2.31. The van der Waals surface area contributed by atoms with Crippen LogP contribution in [0.2, 0.25) is 0 Å². The molecule has 0 spiro atoms. The standard InChI is InChI=1S/C32H42O7/c1-9-24-22(5)29(30(31(36)37-10-2)39-32(6,7)8)26(18-27(33)34)21(4)25(24)16-20(3)17-28(35)38-19-23-14-12-11-13-15-23/h11-15,30H,3,9-10,16-19H2,1-2,4-8H3,(H,33,34)/t30-/m0/s1. The summed E-state index contributed by atoms with van der Waals surface area (Å²) < 4.78 is 17.0. The van der Waals surface area contributed by atoms with E-state index in [1.807, 2.05) is 71.9 Å². The summed E-state index contributed by atoms with van der Waals surface area (Å²) in [6, 6.07) is 9.45. The third-order valence-electron chi connectivity index (χ3n) is 6.43. The molecule has 2 rings (SSSR count). The Morgan fingerprint density at radius 1 is 0.923 bits per heavy atom. The van der Waals surface area contributed by atoms with E-state index in [0.717, 1.165) is 27.8 Å². The van der Waals surface area contributed by atoms with Crippen molar-refractivity contribution < 1.29 is 33.7 Å². The Bertz CT molecular complexity index is 1190. The summed E-state index contributed by atoms with van der Waals surface area (Å²) in [6.07, 6.45) is -0.294. The van der Waals surface area contributed by atoms with Gasteiger partial charge in [-0.15, -0.1) is 0 Å². The zero-order chi connectivity index (χ0) is 29.3. The maximum absolute atomic E-state index is 13.1. The highest BCUT2D eigenvalue weighted by Gasteiger charge is 2.34. The minimum absolute atomic E-state index is 0.0447. The molecule has 0 aliphatic rings. The number of hydrogen-bond acceptors (Lipinski definition) is 6. The number of carbonyl (C=O) groups is 3. The Labute approximate surface area is 232 Å². The van der Waals surface area contributed by atoms with Crippen LogP contribution in [0.3, 0.4) is 0 Å². The second-order valence-corrected chi connectivity index (χ2v) is 10.6. The molecule has 0 unspecified atom stereocenters. The van der Waals surface area contributed by atoms with Gasteiger partial charge in [-0.2, -0.15) is 0 Å². The molecule has 0 aliphatic carbocycles. The van der Waals surface area contributed by atoms with Crippen molar-refractivity contribution in [3.05, 3.63) is 81.4 Å². The van der Waals surface area contributed by atoms with Gasteiger partial charge >= 0.3 is 17.9 Å². The van der Waals surface area contributed by atoms with Crippen LogP contribution in [0.15, 0.2) is 42.5 Å². The summed E-state index contributed by atoms with van der Waals surface area (Å²) in [4.78, 5) is 37.6. The molecule has 0 saturated carbocycles.